The lowest BCUT2D eigenvalue weighted by molar-refractivity contribution is 0.0741. The quantitative estimate of drug-likeness (QED) is 0.874. The molecule has 114 valence electrons. The van der Waals surface area contributed by atoms with Crippen molar-refractivity contribution in [3.05, 3.63) is 48.3 Å². The van der Waals surface area contributed by atoms with E-state index in [9.17, 15) is 9.90 Å². The first-order valence-corrected chi connectivity index (χ1v) is 7.19. The number of hydrogen-bond donors (Lipinski definition) is 2. The third-order valence-electron chi connectivity index (χ3n) is 3.79. The SMILES string of the molecule is Nc1ccc(C(=O)N2CCN(c3ccccc3O)CC2)nc1. The van der Waals surface area contributed by atoms with Gasteiger partial charge in [-0.05, 0) is 24.3 Å². The Balaban J connectivity index is 1.65. The Labute approximate surface area is 128 Å². The van der Waals surface area contributed by atoms with Crippen LogP contribution >= 0.6 is 0 Å². The predicted octanol–water partition coefficient (Wildman–Crippen LogP) is 1.33. The molecule has 1 aromatic carbocycles. The predicted molar refractivity (Wildman–Crippen MR) is 84.9 cm³/mol. The number of pyridine rings is 1. The molecule has 2 aromatic rings. The Morgan fingerprint density at radius 2 is 1.82 bits per heavy atom. The second kappa shape index (κ2) is 5.93. The second-order valence-corrected chi connectivity index (χ2v) is 5.24. The monoisotopic (exact) mass is 298 g/mol. The maximum atomic E-state index is 12.4. The molecule has 0 atom stereocenters. The summed E-state index contributed by atoms with van der Waals surface area (Å²) in [4.78, 5) is 20.3. The molecule has 0 radical (unpaired) electrons. The summed E-state index contributed by atoms with van der Waals surface area (Å²) >= 11 is 0. The largest absolute Gasteiger partial charge is 0.506 e. The van der Waals surface area contributed by atoms with Crippen molar-refractivity contribution in [2.45, 2.75) is 0 Å². The highest BCUT2D eigenvalue weighted by atomic mass is 16.3. The third kappa shape index (κ3) is 2.81. The van der Waals surface area contributed by atoms with Gasteiger partial charge in [0.15, 0.2) is 0 Å². The fraction of sp³-hybridized carbons (Fsp3) is 0.250. The Morgan fingerprint density at radius 1 is 1.09 bits per heavy atom. The lowest BCUT2D eigenvalue weighted by atomic mass is 10.2. The van der Waals surface area contributed by atoms with E-state index in [0.717, 1.165) is 5.69 Å². The lowest BCUT2D eigenvalue weighted by Gasteiger charge is -2.36. The van der Waals surface area contributed by atoms with Gasteiger partial charge in [-0.3, -0.25) is 4.79 Å². The van der Waals surface area contributed by atoms with Crippen molar-refractivity contribution in [1.29, 1.82) is 0 Å². The summed E-state index contributed by atoms with van der Waals surface area (Å²) < 4.78 is 0. The maximum Gasteiger partial charge on any atom is 0.272 e. The van der Waals surface area contributed by atoms with Crippen LogP contribution in [-0.4, -0.2) is 47.1 Å². The number of benzene rings is 1. The number of amides is 1. The van der Waals surface area contributed by atoms with Crippen LogP contribution in [0.2, 0.25) is 0 Å². The van der Waals surface area contributed by atoms with Crippen LogP contribution in [0.5, 0.6) is 5.75 Å². The highest BCUT2D eigenvalue weighted by molar-refractivity contribution is 5.92. The first-order valence-electron chi connectivity index (χ1n) is 7.19. The second-order valence-electron chi connectivity index (χ2n) is 5.24. The summed E-state index contributed by atoms with van der Waals surface area (Å²) in [5.74, 6) is 0.180. The molecule has 0 spiro atoms. The van der Waals surface area contributed by atoms with Crippen molar-refractivity contribution < 1.29 is 9.90 Å². The zero-order chi connectivity index (χ0) is 15.5. The van der Waals surface area contributed by atoms with Gasteiger partial charge in [-0.15, -0.1) is 0 Å². The van der Waals surface area contributed by atoms with Crippen LogP contribution in [0.4, 0.5) is 11.4 Å². The average molecular weight is 298 g/mol. The summed E-state index contributed by atoms with van der Waals surface area (Å²) in [5, 5.41) is 9.90. The number of phenolic OH excluding ortho intramolecular Hbond substituents is 1. The molecule has 0 aliphatic carbocycles. The highest BCUT2D eigenvalue weighted by Gasteiger charge is 2.23. The summed E-state index contributed by atoms with van der Waals surface area (Å²) in [6.45, 7) is 2.55. The molecule has 0 unspecified atom stereocenters. The summed E-state index contributed by atoms with van der Waals surface area (Å²) in [7, 11) is 0. The van der Waals surface area contributed by atoms with Crippen molar-refractivity contribution in [1.82, 2.24) is 9.88 Å². The smallest absolute Gasteiger partial charge is 0.272 e. The number of hydrogen-bond acceptors (Lipinski definition) is 5. The van der Waals surface area contributed by atoms with Gasteiger partial charge in [-0.25, -0.2) is 4.98 Å². The van der Waals surface area contributed by atoms with Gasteiger partial charge in [0.1, 0.15) is 11.4 Å². The molecule has 1 amide bonds. The van der Waals surface area contributed by atoms with E-state index in [4.69, 9.17) is 5.73 Å². The topological polar surface area (TPSA) is 82.7 Å². The molecular weight excluding hydrogens is 280 g/mol. The summed E-state index contributed by atoms with van der Waals surface area (Å²) in [6, 6.07) is 10.6. The molecule has 6 heteroatoms. The molecule has 1 aromatic heterocycles. The van der Waals surface area contributed by atoms with E-state index >= 15 is 0 Å². The van der Waals surface area contributed by atoms with Crippen LogP contribution < -0.4 is 10.6 Å². The number of phenols is 1. The van der Waals surface area contributed by atoms with Crippen molar-refractivity contribution in [3.63, 3.8) is 0 Å². The van der Waals surface area contributed by atoms with Crippen LogP contribution in [-0.2, 0) is 0 Å². The minimum absolute atomic E-state index is 0.0862. The number of nitrogens with zero attached hydrogens (tertiary/aromatic N) is 3. The number of nitrogens with two attached hydrogens (primary N) is 1. The van der Waals surface area contributed by atoms with Crippen LogP contribution in [0.25, 0.3) is 0 Å². The molecule has 6 nitrogen and oxygen atoms in total. The van der Waals surface area contributed by atoms with Crippen LogP contribution in [0.3, 0.4) is 0 Å². The number of aromatic hydroxyl groups is 1. The summed E-state index contributed by atoms with van der Waals surface area (Å²) in [6.07, 6.45) is 1.49. The Kier molecular flexibility index (Phi) is 3.82. The van der Waals surface area contributed by atoms with E-state index in [1.807, 2.05) is 12.1 Å². The fourth-order valence-corrected chi connectivity index (χ4v) is 2.58. The third-order valence-corrected chi connectivity index (χ3v) is 3.79. The number of rotatable bonds is 2. The molecule has 2 heterocycles. The number of carbonyl (C=O) groups is 1. The maximum absolute atomic E-state index is 12.4. The number of carbonyl (C=O) groups excluding carboxylic acids is 1. The number of anilines is 2. The van der Waals surface area contributed by atoms with E-state index < -0.39 is 0 Å². The Hall–Kier alpha value is -2.76. The molecule has 1 saturated heterocycles. The lowest BCUT2D eigenvalue weighted by Crippen LogP contribution is -2.49. The van der Waals surface area contributed by atoms with Gasteiger partial charge in [0.25, 0.3) is 5.91 Å². The van der Waals surface area contributed by atoms with E-state index in [-0.39, 0.29) is 11.7 Å². The van der Waals surface area contributed by atoms with E-state index in [2.05, 4.69) is 9.88 Å². The molecule has 1 fully saturated rings. The normalized spacial score (nSPS) is 14.9. The molecule has 22 heavy (non-hydrogen) atoms. The average Bonchev–Trinajstić information content (AvgIpc) is 2.56. The van der Waals surface area contributed by atoms with Crippen molar-refractivity contribution in [2.24, 2.45) is 0 Å². The van der Waals surface area contributed by atoms with Gasteiger partial charge in [0, 0.05) is 26.2 Å². The van der Waals surface area contributed by atoms with E-state index in [1.165, 1.54) is 6.20 Å². The van der Waals surface area contributed by atoms with Gasteiger partial charge in [-0.2, -0.15) is 0 Å². The van der Waals surface area contributed by atoms with Gasteiger partial charge < -0.3 is 20.6 Å². The zero-order valence-electron chi connectivity index (χ0n) is 12.1. The van der Waals surface area contributed by atoms with Gasteiger partial charge in [0.05, 0.1) is 17.6 Å². The molecule has 3 rings (SSSR count). The Bertz CT molecular complexity index is 664. The number of para-hydroxylation sites is 2. The van der Waals surface area contributed by atoms with E-state index in [0.29, 0.717) is 37.6 Å². The number of nitrogen functional groups attached to an aromatic ring is 1. The fourth-order valence-electron chi connectivity index (χ4n) is 2.58. The molecular formula is C16H18N4O2. The molecule has 1 aliphatic heterocycles. The standard InChI is InChI=1S/C16H18N4O2/c17-12-5-6-13(18-11-12)16(22)20-9-7-19(8-10-20)14-3-1-2-4-15(14)21/h1-6,11,21H,7-10,17H2. The molecule has 0 bridgehead atoms. The molecule has 0 saturated carbocycles. The first-order chi connectivity index (χ1) is 10.6. The Morgan fingerprint density at radius 3 is 2.45 bits per heavy atom. The highest BCUT2D eigenvalue weighted by Crippen LogP contribution is 2.27. The van der Waals surface area contributed by atoms with Crippen LogP contribution in [0.1, 0.15) is 10.5 Å². The summed E-state index contributed by atoms with van der Waals surface area (Å²) in [5.41, 5.74) is 7.34. The van der Waals surface area contributed by atoms with Gasteiger partial charge >= 0.3 is 0 Å². The van der Waals surface area contributed by atoms with Crippen LogP contribution in [0.15, 0.2) is 42.6 Å². The van der Waals surface area contributed by atoms with Gasteiger partial charge in [0.2, 0.25) is 0 Å². The molecule has 3 N–H and O–H groups in total. The van der Waals surface area contributed by atoms with Crippen molar-refractivity contribution in [2.75, 3.05) is 36.8 Å². The molecule has 1 aliphatic rings. The van der Waals surface area contributed by atoms with Gasteiger partial charge in [-0.1, -0.05) is 12.1 Å². The van der Waals surface area contributed by atoms with E-state index in [1.54, 1.807) is 29.2 Å². The van der Waals surface area contributed by atoms with Crippen molar-refractivity contribution >= 4 is 17.3 Å². The van der Waals surface area contributed by atoms with Crippen LogP contribution in [0, 0.1) is 0 Å². The zero-order valence-corrected chi connectivity index (χ0v) is 12.1. The minimum atomic E-state index is -0.0862. The first kappa shape index (κ1) is 14.2. The number of aromatic nitrogens is 1. The van der Waals surface area contributed by atoms with Crippen molar-refractivity contribution in [3.8, 4) is 5.75 Å². The minimum Gasteiger partial charge on any atom is -0.506 e. The number of piperazine rings is 1.